The molecule has 0 aliphatic carbocycles. The molecule has 1 saturated heterocycles. The molecule has 1 fully saturated rings. The molecule has 0 radical (unpaired) electrons. The number of rotatable bonds is 5. The van der Waals surface area contributed by atoms with E-state index in [4.69, 9.17) is 4.74 Å². The van der Waals surface area contributed by atoms with Gasteiger partial charge in [0.2, 0.25) is 0 Å². The molecule has 90 valence electrons. The molecule has 2 rings (SSSR count). The third-order valence-electron chi connectivity index (χ3n) is 3.23. The van der Waals surface area contributed by atoms with Gasteiger partial charge in [-0.25, -0.2) is 0 Å². The number of hydrogen-bond donors (Lipinski definition) is 1. The minimum atomic E-state index is 0.455. The summed E-state index contributed by atoms with van der Waals surface area (Å²) in [5.74, 6) is 0.675. The molecule has 2 atom stereocenters. The van der Waals surface area contributed by atoms with E-state index in [-0.39, 0.29) is 0 Å². The summed E-state index contributed by atoms with van der Waals surface area (Å²) in [6.45, 7) is 5.01. The number of nitrogens with one attached hydrogen (secondary N) is 1. The Hall–Kier alpha value is -0.870. The fourth-order valence-corrected chi connectivity index (χ4v) is 2.32. The van der Waals surface area contributed by atoms with Gasteiger partial charge in [0.05, 0.1) is 11.8 Å². The van der Waals surface area contributed by atoms with Crippen LogP contribution in [0, 0.1) is 5.92 Å². The lowest BCUT2D eigenvalue weighted by molar-refractivity contribution is 0.0872. The highest BCUT2D eigenvalue weighted by molar-refractivity contribution is 4.98. The SMILES string of the molecule is CCC1OCCC1CNCc1ccn(C)n1. The molecule has 0 amide bonds. The first-order chi connectivity index (χ1) is 7.79. The van der Waals surface area contributed by atoms with Gasteiger partial charge in [0.25, 0.3) is 0 Å². The van der Waals surface area contributed by atoms with Crippen molar-refractivity contribution in [3.63, 3.8) is 0 Å². The average molecular weight is 223 g/mol. The van der Waals surface area contributed by atoms with Crippen LogP contribution in [-0.2, 0) is 18.3 Å². The number of hydrogen-bond acceptors (Lipinski definition) is 3. The lowest BCUT2D eigenvalue weighted by Gasteiger charge is -2.16. The molecule has 0 saturated carbocycles. The van der Waals surface area contributed by atoms with Gasteiger partial charge < -0.3 is 10.1 Å². The maximum Gasteiger partial charge on any atom is 0.0762 e. The summed E-state index contributed by atoms with van der Waals surface area (Å²) in [6, 6.07) is 2.05. The van der Waals surface area contributed by atoms with Gasteiger partial charge in [0, 0.05) is 32.9 Å². The minimum Gasteiger partial charge on any atom is -0.378 e. The zero-order valence-corrected chi connectivity index (χ0v) is 10.1. The molecule has 2 unspecified atom stereocenters. The molecule has 1 aliphatic rings. The summed E-state index contributed by atoms with van der Waals surface area (Å²) in [5.41, 5.74) is 1.11. The van der Waals surface area contributed by atoms with Crippen molar-refractivity contribution >= 4 is 0 Å². The van der Waals surface area contributed by atoms with Gasteiger partial charge in [0.1, 0.15) is 0 Å². The van der Waals surface area contributed by atoms with Crippen LogP contribution in [0.3, 0.4) is 0 Å². The lowest BCUT2D eigenvalue weighted by Crippen LogP contribution is -2.28. The Kier molecular flexibility index (Phi) is 3.96. The summed E-state index contributed by atoms with van der Waals surface area (Å²) in [7, 11) is 1.95. The van der Waals surface area contributed by atoms with E-state index in [0.29, 0.717) is 12.0 Å². The van der Waals surface area contributed by atoms with E-state index in [2.05, 4.69) is 23.4 Å². The van der Waals surface area contributed by atoms with Gasteiger partial charge in [-0.05, 0) is 24.8 Å². The van der Waals surface area contributed by atoms with E-state index >= 15 is 0 Å². The molecule has 2 heterocycles. The zero-order valence-electron chi connectivity index (χ0n) is 10.1. The van der Waals surface area contributed by atoms with Gasteiger partial charge in [-0.15, -0.1) is 0 Å². The normalized spacial score (nSPS) is 25.1. The van der Waals surface area contributed by atoms with Crippen molar-refractivity contribution in [3.05, 3.63) is 18.0 Å². The summed E-state index contributed by atoms with van der Waals surface area (Å²) in [4.78, 5) is 0. The Morgan fingerprint density at radius 2 is 2.50 bits per heavy atom. The third-order valence-corrected chi connectivity index (χ3v) is 3.23. The Morgan fingerprint density at radius 1 is 1.62 bits per heavy atom. The summed E-state index contributed by atoms with van der Waals surface area (Å²) >= 11 is 0. The van der Waals surface area contributed by atoms with Crippen molar-refractivity contribution in [2.24, 2.45) is 13.0 Å². The second-order valence-corrected chi connectivity index (χ2v) is 4.48. The maximum absolute atomic E-state index is 5.66. The van der Waals surface area contributed by atoms with Crippen molar-refractivity contribution in [3.8, 4) is 0 Å². The minimum absolute atomic E-state index is 0.455. The van der Waals surface area contributed by atoms with Crippen molar-refractivity contribution in [1.29, 1.82) is 0 Å². The molecule has 1 N–H and O–H groups in total. The van der Waals surface area contributed by atoms with Crippen LogP contribution in [-0.4, -0.2) is 29.0 Å². The predicted molar refractivity (Wildman–Crippen MR) is 63.1 cm³/mol. The first-order valence-corrected chi connectivity index (χ1v) is 6.10. The molecule has 4 nitrogen and oxygen atoms in total. The lowest BCUT2D eigenvalue weighted by atomic mass is 10.00. The fourth-order valence-electron chi connectivity index (χ4n) is 2.32. The molecule has 0 aromatic carbocycles. The predicted octanol–water partition coefficient (Wildman–Crippen LogP) is 1.32. The molecule has 1 aromatic heterocycles. The van der Waals surface area contributed by atoms with Crippen molar-refractivity contribution in [2.75, 3.05) is 13.2 Å². The van der Waals surface area contributed by atoms with E-state index in [1.54, 1.807) is 0 Å². The Morgan fingerprint density at radius 3 is 3.19 bits per heavy atom. The molecule has 0 bridgehead atoms. The second-order valence-electron chi connectivity index (χ2n) is 4.48. The van der Waals surface area contributed by atoms with Crippen LogP contribution in [0.2, 0.25) is 0 Å². The Bertz CT molecular complexity index is 324. The second kappa shape index (κ2) is 5.46. The van der Waals surface area contributed by atoms with Gasteiger partial charge in [-0.2, -0.15) is 5.10 Å². The molecule has 1 aliphatic heterocycles. The highest BCUT2D eigenvalue weighted by atomic mass is 16.5. The highest BCUT2D eigenvalue weighted by Gasteiger charge is 2.25. The van der Waals surface area contributed by atoms with Crippen LogP contribution >= 0.6 is 0 Å². The molecule has 0 spiro atoms. The van der Waals surface area contributed by atoms with E-state index in [1.807, 2.05) is 17.9 Å². The number of aromatic nitrogens is 2. The van der Waals surface area contributed by atoms with Crippen molar-refractivity contribution in [2.45, 2.75) is 32.4 Å². The third kappa shape index (κ3) is 2.83. The zero-order chi connectivity index (χ0) is 11.4. The van der Waals surface area contributed by atoms with Gasteiger partial charge in [0.15, 0.2) is 0 Å². The first-order valence-electron chi connectivity index (χ1n) is 6.10. The molecule has 4 heteroatoms. The summed E-state index contributed by atoms with van der Waals surface area (Å²) in [6.07, 6.45) is 4.74. The molecule has 16 heavy (non-hydrogen) atoms. The van der Waals surface area contributed by atoms with Crippen LogP contribution in [0.15, 0.2) is 12.3 Å². The largest absolute Gasteiger partial charge is 0.378 e. The fraction of sp³-hybridized carbons (Fsp3) is 0.750. The monoisotopic (exact) mass is 223 g/mol. The van der Waals surface area contributed by atoms with E-state index in [0.717, 1.165) is 31.8 Å². The average Bonchev–Trinajstić information content (AvgIpc) is 2.87. The Labute approximate surface area is 97.0 Å². The van der Waals surface area contributed by atoms with E-state index in [1.165, 1.54) is 6.42 Å². The van der Waals surface area contributed by atoms with Crippen molar-refractivity contribution < 1.29 is 4.74 Å². The standard InChI is InChI=1S/C12H21N3O/c1-3-12-10(5-7-16-12)8-13-9-11-4-6-15(2)14-11/h4,6,10,12-13H,3,5,7-9H2,1-2H3. The summed E-state index contributed by atoms with van der Waals surface area (Å²) < 4.78 is 7.50. The maximum atomic E-state index is 5.66. The number of ether oxygens (including phenoxy) is 1. The van der Waals surface area contributed by atoms with Crippen LogP contribution in [0.4, 0.5) is 0 Å². The molecular weight excluding hydrogens is 202 g/mol. The topological polar surface area (TPSA) is 39.1 Å². The van der Waals surface area contributed by atoms with Gasteiger partial charge in [-0.3, -0.25) is 4.68 Å². The van der Waals surface area contributed by atoms with Crippen LogP contribution in [0.1, 0.15) is 25.5 Å². The first kappa shape index (κ1) is 11.6. The van der Waals surface area contributed by atoms with Crippen LogP contribution in [0.25, 0.3) is 0 Å². The van der Waals surface area contributed by atoms with Crippen LogP contribution in [0.5, 0.6) is 0 Å². The van der Waals surface area contributed by atoms with E-state index < -0.39 is 0 Å². The Balaban J connectivity index is 1.71. The van der Waals surface area contributed by atoms with E-state index in [9.17, 15) is 0 Å². The van der Waals surface area contributed by atoms with Gasteiger partial charge >= 0.3 is 0 Å². The molecular formula is C12H21N3O. The smallest absolute Gasteiger partial charge is 0.0762 e. The highest BCUT2D eigenvalue weighted by Crippen LogP contribution is 2.22. The van der Waals surface area contributed by atoms with Crippen molar-refractivity contribution in [1.82, 2.24) is 15.1 Å². The van der Waals surface area contributed by atoms with Crippen LogP contribution < -0.4 is 5.32 Å². The number of nitrogens with zero attached hydrogens (tertiary/aromatic N) is 2. The molecule has 1 aromatic rings. The summed E-state index contributed by atoms with van der Waals surface area (Å²) in [5, 5.41) is 7.80. The number of aryl methyl sites for hydroxylation is 1. The van der Waals surface area contributed by atoms with Gasteiger partial charge in [-0.1, -0.05) is 6.92 Å². The quantitative estimate of drug-likeness (QED) is 0.818.